The Kier molecular flexibility index (Phi) is 4.23. The standard InChI is InChI=1S/C12H7F3N2O5S/c13-12(14,15)23(20,21)9-3-4-11(10(6-9)17(18)19)22-8-2-1-5-16-7-8/h1-7H. The fourth-order valence-corrected chi connectivity index (χ4v) is 2.34. The highest BCUT2D eigenvalue weighted by atomic mass is 32.2. The maximum absolute atomic E-state index is 12.5. The molecule has 0 unspecified atom stereocenters. The first-order chi connectivity index (χ1) is 10.6. The van der Waals surface area contributed by atoms with E-state index in [2.05, 4.69) is 4.98 Å². The van der Waals surface area contributed by atoms with Crippen molar-refractivity contribution in [2.45, 2.75) is 10.4 Å². The summed E-state index contributed by atoms with van der Waals surface area (Å²) in [6, 6.07) is 4.56. The SMILES string of the molecule is O=[N+]([O-])c1cc(S(=O)(=O)C(F)(F)F)ccc1Oc1cccnc1. The molecule has 0 saturated heterocycles. The second-order valence-electron chi connectivity index (χ2n) is 4.13. The van der Waals surface area contributed by atoms with Crippen LogP contribution < -0.4 is 4.74 Å². The monoisotopic (exact) mass is 348 g/mol. The van der Waals surface area contributed by atoms with Gasteiger partial charge in [-0.2, -0.15) is 13.2 Å². The Labute approximate surface area is 127 Å². The Morgan fingerprint density at radius 3 is 2.43 bits per heavy atom. The first kappa shape index (κ1) is 16.7. The summed E-state index contributed by atoms with van der Waals surface area (Å²) in [5, 5.41) is 11.0. The molecule has 23 heavy (non-hydrogen) atoms. The zero-order valence-electron chi connectivity index (χ0n) is 11.0. The fraction of sp³-hybridized carbons (Fsp3) is 0.0833. The van der Waals surface area contributed by atoms with Crippen molar-refractivity contribution in [3.63, 3.8) is 0 Å². The molecule has 2 rings (SSSR count). The summed E-state index contributed by atoms with van der Waals surface area (Å²) in [5.74, 6) is -0.314. The summed E-state index contributed by atoms with van der Waals surface area (Å²) in [4.78, 5) is 12.4. The highest BCUT2D eigenvalue weighted by Crippen LogP contribution is 2.37. The number of pyridine rings is 1. The third-order valence-corrected chi connectivity index (χ3v) is 4.09. The first-order valence-electron chi connectivity index (χ1n) is 5.80. The Morgan fingerprint density at radius 1 is 1.22 bits per heavy atom. The van der Waals surface area contributed by atoms with Gasteiger partial charge in [-0.15, -0.1) is 0 Å². The number of ether oxygens (including phenoxy) is 1. The molecular weight excluding hydrogens is 341 g/mol. The van der Waals surface area contributed by atoms with Crippen molar-refractivity contribution in [3.05, 3.63) is 52.8 Å². The van der Waals surface area contributed by atoms with E-state index in [1.54, 1.807) is 0 Å². The van der Waals surface area contributed by atoms with Crippen LogP contribution in [0.4, 0.5) is 18.9 Å². The highest BCUT2D eigenvalue weighted by Gasteiger charge is 2.47. The van der Waals surface area contributed by atoms with E-state index >= 15 is 0 Å². The summed E-state index contributed by atoms with van der Waals surface area (Å²) in [5.41, 5.74) is -6.48. The van der Waals surface area contributed by atoms with E-state index in [-0.39, 0.29) is 5.75 Å². The average Bonchev–Trinajstić information content (AvgIpc) is 2.47. The van der Waals surface area contributed by atoms with Crippen molar-refractivity contribution in [3.8, 4) is 11.5 Å². The third kappa shape index (κ3) is 3.39. The van der Waals surface area contributed by atoms with Gasteiger partial charge in [0.15, 0.2) is 0 Å². The van der Waals surface area contributed by atoms with Gasteiger partial charge < -0.3 is 4.74 Å². The topological polar surface area (TPSA) is 99.4 Å². The number of sulfone groups is 1. The summed E-state index contributed by atoms with van der Waals surface area (Å²) in [6.07, 6.45) is 2.64. The van der Waals surface area contributed by atoms with Crippen molar-refractivity contribution in [1.82, 2.24) is 4.98 Å². The molecule has 0 bridgehead atoms. The molecule has 7 nitrogen and oxygen atoms in total. The summed E-state index contributed by atoms with van der Waals surface area (Å²) < 4.78 is 65.2. The molecule has 2 aromatic rings. The Morgan fingerprint density at radius 2 is 1.91 bits per heavy atom. The largest absolute Gasteiger partial charge is 0.501 e. The van der Waals surface area contributed by atoms with E-state index in [0.717, 1.165) is 6.07 Å². The number of hydrogen-bond donors (Lipinski definition) is 0. The lowest BCUT2D eigenvalue weighted by Gasteiger charge is -2.10. The zero-order valence-corrected chi connectivity index (χ0v) is 11.8. The number of hydrogen-bond acceptors (Lipinski definition) is 6. The van der Waals surface area contributed by atoms with Crippen molar-refractivity contribution in [2.24, 2.45) is 0 Å². The van der Waals surface area contributed by atoms with E-state index in [1.807, 2.05) is 0 Å². The maximum atomic E-state index is 12.5. The van der Waals surface area contributed by atoms with Crippen molar-refractivity contribution < 1.29 is 31.2 Å². The molecule has 0 aliphatic carbocycles. The third-order valence-electron chi connectivity index (χ3n) is 2.60. The van der Waals surface area contributed by atoms with E-state index in [1.165, 1.54) is 24.5 Å². The number of nitrogens with zero attached hydrogens (tertiary/aromatic N) is 2. The number of rotatable bonds is 4. The van der Waals surface area contributed by atoms with Gasteiger partial charge in [-0.1, -0.05) is 0 Å². The minimum Gasteiger partial charge on any atom is -0.449 e. The number of benzene rings is 1. The molecule has 0 aliphatic heterocycles. The predicted molar refractivity (Wildman–Crippen MR) is 70.6 cm³/mol. The number of nitro benzene ring substituents is 1. The number of nitro groups is 1. The van der Waals surface area contributed by atoms with Gasteiger partial charge in [0.05, 0.1) is 16.0 Å². The average molecular weight is 348 g/mol. The zero-order chi connectivity index (χ0) is 17.3. The van der Waals surface area contributed by atoms with Gasteiger partial charge in [0, 0.05) is 12.3 Å². The molecule has 1 aromatic carbocycles. The van der Waals surface area contributed by atoms with Crippen LogP contribution in [-0.4, -0.2) is 23.8 Å². The fourth-order valence-electron chi connectivity index (χ4n) is 1.56. The van der Waals surface area contributed by atoms with E-state index < -0.39 is 36.6 Å². The molecule has 0 saturated carbocycles. The number of aromatic nitrogens is 1. The molecule has 0 N–H and O–H groups in total. The molecule has 11 heteroatoms. The molecule has 0 amide bonds. The van der Waals surface area contributed by atoms with Crippen LogP contribution in [0.3, 0.4) is 0 Å². The van der Waals surface area contributed by atoms with Crippen LogP contribution in [0.2, 0.25) is 0 Å². The Hall–Kier alpha value is -2.69. The van der Waals surface area contributed by atoms with Crippen LogP contribution in [-0.2, 0) is 9.84 Å². The van der Waals surface area contributed by atoms with Gasteiger partial charge in [0.25, 0.3) is 9.84 Å². The Balaban J connectivity index is 2.50. The molecule has 1 aromatic heterocycles. The summed E-state index contributed by atoms with van der Waals surface area (Å²) >= 11 is 0. The minimum absolute atomic E-state index is 0.0991. The molecule has 122 valence electrons. The predicted octanol–water partition coefficient (Wildman–Crippen LogP) is 3.08. The second kappa shape index (κ2) is 5.83. The van der Waals surface area contributed by atoms with Crippen LogP contribution in [0, 0.1) is 10.1 Å². The lowest BCUT2D eigenvalue weighted by atomic mass is 10.3. The van der Waals surface area contributed by atoms with Crippen LogP contribution >= 0.6 is 0 Å². The Bertz CT molecular complexity index is 838. The lowest BCUT2D eigenvalue weighted by molar-refractivity contribution is -0.385. The van der Waals surface area contributed by atoms with Gasteiger partial charge >= 0.3 is 11.2 Å². The van der Waals surface area contributed by atoms with Gasteiger partial charge in [0.2, 0.25) is 5.75 Å². The van der Waals surface area contributed by atoms with Gasteiger partial charge in [0.1, 0.15) is 5.75 Å². The van der Waals surface area contributed by atoms with Crippen LogP contribution in [0.1, 0.15) is 0 Å². The molecule has 0 spiro atoms. The molecule has 0 fully saturated rings. The molecule has 1 heterocycles. The van der Waals surface area contributed by atoms with Gasteiger partial charge in [-0.05, 0) is 24.3 Å². The summed E-state index contributed by atoms with van der Waals surface area (Å²) in [6.45, 7) is 0. The molecular formula is C12H7F3N2O5S. The van der Waals surface area contributed by atoms with Crippen molar-refractivity contribution in [1.29, 1.82) is 0 Å². The van der Waals surface area contributed by atoms with Gasteiger partial charge in [-0.3, -0.25) is 15.1 Å². The molecule has 0 aliphatic rings. The normalized spacial score (nSPS) is 12.0. The van der Waals surface area contributed by atoms with Crippen molar-refractivity contribution >= 4 is 15.5 Å². The molecule has 0 radical (unpaired) electrons. The smallest absolute Gasteiger partial charge is 0.449 e. The molecule has 0 atom stereocenters. The minimum atomic E-state index is -5.69. The van der Waals surface area contributed by atoms with E-state index in [9.17, 15) is 31.7 Å². The van der Waals surface area contributed by atoms with E-state index in [4.69, 9.17) is 4.74 Å². The second-order valence-corrected chi connectivity index (χ2v) is 6.07. The first-order valence-corrected chi connectivity index (χ1v) is 7.29. The van der Waals surface area contributed by atoms with E-state index in [0.29, 0.717) is 12.1 Å². The van der Waals surface area contributed by atoms with Crippen LogP contribution in [0.15, 0.2) is 47.6 Å². The highest BCUT2D eigenvalue weighted by molar-refractivity contribution is 7.92. The van der Waals surface area contributed by atoms with Gasteiger partial charge in [-0.25, -0.2) is 8.42 Å². The maximum Gasteiger partial charge on any atom is 0.501 e. The number of halogens is 3. The quantitative estimate of drug-likeness (QED) is 0.622. The number of alkyl halides is 3. The van der Waals surface area contributed by atoms with Crippen LogP contribution in [0.5, 0.6) is 11.5 Å². The van der Waals surface area contributed by atoms with Crippen molar-refractivity contribution in [2.75, 3.05) is 0 Å². The lowest BCUT2D eigenvalue weighted by Crippen LogP contribution is -2.23. The van der Waals surface area contributed by atoms with Crippen LogP contribution in [0.25, 0.3) is 0 Å². The summed E-state index contributed by atoms with van der Waals surface area (Å²) in [7, 11) is -5.69.